The van der Waals surface area contributed by atoms with Crippen LogP contribution in [0.1, 0.15) is 36.0 Å². The van der Waals surface area contributed by atoms with Crippen LogP contribution in [-0.2, 0) is 4.74 Å². The number of nitrogens with one attached hydrogen (secondary N) is 1. The number of ether oxygens (including phenoxy) is 2. The largest absolute Gasteiger partial charge is 0.474 e. The average molecular weight is 416 g/mol. The van der Waals surface area contributed by atoms with Crippen molar-refractivity contribution in [3.63, 3.8) is 0 Å². The lowest BCUT2D eigenvalue weighted by Crippen LogP contribution is -2.39. The van der Waals surface area contributed by atoms with Crippen molar-refractivity contribution in [2.75, 3.05) is 31.2 Å². The van der Waals surface area contributed by atoms with E-state index in [1.54, 1.807) is 18.3 Å². The number of amides is 1. The van der Waals surface area contributed by atoms with Gasteiger partial charge >= 0.3 is 0 Å². The highest BCUT2D eigenvalue weighted by Gasteiger charge is 2.24. The molecule has 6 nitrogen and oxygen atoms in total. The third-order valence-electron chi connectivity index (χ3n) is 5.50. The van der Waals surface area contributed by atoms with Gasteiger partial charge in [-0.1, -0.05) is 11.6 Å². The lowest BCUT2D eigenvalue weighted by molar-refractivity contribution is 0.0890. The fraction of sp³-hybridized carbons (Fsp3) is 0.455. The van der Waals surface area contributed by atoms with Crippen LogP contribution >= 0.6 is 11.6 Å². The molecule has 154 valence electrons. The first kappa shape index (κ1) is 20.0. The molecular weight excluding hydrogens is 390 g/mol. The highest BCUT2D eigenvalue weighted by Crippen LogP contribution is 2.24. The molecule has 29 heavy (non-hydrogen) atoms. The molecule has 0 atom stereocenters. The zero-order chi connectivity index (χ0) is 20.1. The van der Waals surface area contributed by atoms with Crippen LogP contribution in [0.25, 0.3) is 0 Å². The molecule has 0 radical (unpaired) electrons. The second-order valence-electron chi connectivity index (χ2n) is 7.53. The number of nitrogens with zero attached hydrogens (tertiary/aromatic N) is 2. The van der Waals surface area contributed by atoms with Gasteiger partial charge in [-0.2, -0.15) is 0 Å². The third kappa shape index (κ3) is 5.40. The van der Waals surface area contributed by atoms with Gasteiger partial charge in [-0.25, -0.2) is 4.98 Å². The molecule has 0 unspecified atom stereocenters. The summed E-state index contributed by atoms with van der Waals surface area (Å²) in [5.41, 5.74) is 1.84. The summed E-state index contributed by atoms with van der Waals surface area (Å²) in [5.74, 6) is 0.588. The van der Waals surface area contributed by atoms with E-state index in [9.17, 15) is 4.79 Å². The molecule has 1 saturated heterocycles. The number of aromatic nitrogens is 1. The SMILES string of the molecule is O=C(NC1CCC(Oc2ccc(Cl)cn2)CC1)c1ccc(N2CCOCC2)cc1. The standard InChI is InChI=1S/C22H26ClN3O3/c23-17-3-10-21(24-15-17)29-20-8-4-18(5-9-20)25-22(27)16-1-6-19(7-2-16)26-11-13-28-14-12-26/h1-3,6-7,10,15,18,20H,4-5,8-9,11-14H2,(H,25,27). The Morgan fingerprint density at radius 3 is 2.45 bits per heavy atom. The van der Waals surface area contributed by atoms with Crippen molar-refractivity contribution in [1.29, 1.82) is 0 Å². The third-order valence-corrected chi connectivity index (χ3v) is 5.73. The maximum Gasteiger partial charge on any atom is 0.251 e. The number of halogens is 1. The lowest BCUT2D eigenvalue weighted by Gasteiger charge is -2.30. The molecule has 2 fully saturated rings. The first-order valence-electron chi connectivity index (χ1n) is 10.2. The minimum absolute atomic E-state index is 0.0118. The molecule has 0 spiro atoms. The van der Waals surface area contributed by atoms with Crippen molar-refractivity contribution in [3.05, 3.63) is 53.2 Å². The maximum atomic E-state index is 12.6. The van der Waals surface area contributed by atoms with E-state index in [-0.39, 0.29) is 18.1 Å². The van der Waals surface area contributed by atoms with Crippen LogP contribution < -0.4 is 15.0 Å². The number of rotatable bonds is 5. The zero-order valence-corrected chi connectivity index (χ0v) is 17.1. The van der Waals surface area contributed by atoms with Crippen LogP contribution in [0.2, 0.25) is 5.02 Å². The van der Waals surface area contributed by atoms with Gasteiger partial charge in [0.25, 0.3) is 5.91 Å². The van der Waals surface area contributed by atoms with Crippen LogP contribution in [0.15, 0.2) is 42.6 Å². The van der Waals surface area contributed by atoms with Gasteiger partial charge in [0.1, 0.15) is 6.10 Å². The summed E-state index contributed by atoms with van der Waals surface area (Å²) in [7, 11) is 0. The van der Waals surface area contributed by atoms with E-state index < -0.39 is 0 Å². The molecule has 1 N–H and O–H groups in total. The van der Waals surface area contributed by atoms with E-state index in [1.165, 1.54) is 0 Å². The molecule has 1 amide bonds. The molecule has 7 heteroatoms. The van der Waals surface area contributed by atoms with Crippen LogP contribution in [0.3, 0.4) is 0 Å². The quantitative estimate of drug-likeness (QED) is 0.806. The first-order chi connectivity index (χ1) is 14.2. The molecule has 2 aliphatic rings. The fourth-order valence-corrected chi connectivity index (χ4v) is 3.95. The Bertz CT molecular complexity index is 799. The molecule has 1 aliphatic carbocycles. The van der Waals surface area contributed by atoms with Crippen LogP contribution in [-0.4, -0.2) is 49.3 Å². The van der Waals surface area contributed by atoms with E-state index in [0.29, 0.717) is 16.5 Å². The Morgan fingerprint density at radius 2 is 1.79 bits per heavy atom. The van der Waals surface area contributed by atoms with Gasteiger partial charge in [-0.05, 0) is 56.0 Å². The van der Waals surface area contributed by atoms with Gasteiger partial charge < -0.3 is 19.7 Å². The van der Waals surface area contributed by atoms with Crippen molar-refractivity contribution in [3.8, 4) is 5.88 Å². The van der Waals surface area contributed by atoms with Crippen LogP contribution in [0.5, 0.6) is 5.88 Å². The van der Waals surface area contributed by atoms with Gasteiger partial charge in [0.05, 0.1) is 18.2 Å². The van der Waals surface area contributed by atoms with Gasteiger partial charge in [0.15, 0.2) is 0 Å². The summed E-state index contributed by atoms with van der Waals surface area (Å²) in [6.07, 6.45) is 5.31. The average Bonchev–Trinajstić information content (AvgIpc) is 2.77. The van der Waals surface area contributed by atoms with E-state index >= 15 is 0 Å². The summed E-state index contributed by atoms with van der Waals surface area (Å²) < 4.78 is 11.3. The first-order valence-corrected chi connectivity index (χ1v) is 10.6. The Labute approximate surface area is 176 Å². The molecule has 1 saturated carbocycles. The number of morpholine rings is 1. The Kier molecular flexibility index (Phi) is 6.52. The minimum atomic E-state index is -0.0118. The smallest absolute Gasteiger partial charge is 0.251 e. The van der Waals surface area contributed by atoms with Gasteiger partial charge in [-0.15, -0.1) is 0 Å². The Hall–Kier alpha value is -2.31. The lowest BCUT2D eigenvalue weighted by atomic mass is 9.92. The van der Waals surface area contributed by atoms with Gasteiger partial charge in [0.2, 0.25) is 5.88 Å². The van der Waals surface area contributed by atoms with Gasteiger partial charge in [0, 0.05) is 42.6 Å². The van der Waals surface area contributed by atoms with Crippen molar-refractivity contribution >= 4 is 23.2 Å². The van der Waals surface area contributed by atoms with Gasteiger partial charge in [-0.3, -0.25) is 4.79 Å². The van der Waals surface area contributed by atoms with E-state index in [2.05, 4.69) is 15.2 Å². The van der Waals surface area contributed by atoms with Crippen LogP contribution in [0.4, 0.5) is 5.69 Å². The molecule has 2 heterocycles. The molecule has 1 aromatic carbocycles. The predicted octanol–water partition coefficient (Wildman–Crippen LogP) is 3.69. The van der Waals surface area contributed by atoms with Crippen molar-refractivity contribution < 1.29 is 14.3 Å². The Balaban J connectivity index is 1.24. The number of carbonyl (C=O) groups excluding carboxylic acids is 1. The number of benzene rings is 1. The molecule has 4 rings (SSSR count). The molecular formula is C22H26ClN3O3. The second kappa shape index (κ2) is 9.46. The van der Waals surface area contributed by atoms with Crippen molar-refractivity contribution in [2.45, 2.75) is 37.8 Å². The fourth-order valence-electron chi connectivity index (χ4n) is 3.84. The predicted molar refractivity (Wildman–Crippen MR) is 113 cm³/mol. The topological polar surface area (TPSA) is 63.7 Å². The molecule has 2 aromatic rings. The highest BCUT2D eigenvalue weighted by atomic mass is 35.5. The molecule has 1 aliphatic heterocycles. The minimum Gasteiger partial charge on any atom is -0.474 e. The summed E-state index contributed by atoms with van der Waals surface area (Å²) in [4.78, 5) is 19.1. The number of anilines is 1. The normalized spacial score (nSPS) is 22.2. The molecule has 0 bridgehead atoms. The number of hydrogen-bond donors (Lipinski definition) is 1. The number of hydrogen-bond acceptors (Lipinski definition) is 5. The summed E-state index contributed by atoms with van der Waals surface area (Å²) in [6.45, 7) is 3.29. The summed E-state index contributed by atoms with van der Waals surface area (Å²) in [6, 6.07) is 11.6. The van der Waals surface area contributed by atoms with Crippen molar-refractivity contribution in [1.82, 2.24) is 10.3 Å². The van der Waals surface area contributed by atoms with Crippen molar-refractivity contribution in [2.24, 2.45) is 0 Å². The summed E-state index contributed by atoms with van der Waals surface area (Å²) >= 11 is 5.85. The van der Waals surface area contributed by atoms with E-state index in [1.807, 2.05) is 24.3 Å². The summed E-state index contributed by atoms with van der Waals surface area (Å²) in [5, 5.41) is 3.76. The monoisotopic (exact) mass is 415 g/mol. The number of carbonyl (C=O) groups is 1. The van der Waals surface area contributed by atoms with Crippen LogP contribution in [0, 0.1) is 0 Å². The molecule has 1 aromatic heterocycles. The maximum absolute atomic E-state index is 12.6. The van der Waals surface area contributed by atoms with E-state index in [0.717, 1.165) is 57.7 Å². The second-order valence-corrected chi connectivity index (χ2v) is 7.96. The zero-order valence-electron chi connectivity index (χ0n) is 16.4. The van der Waals surface area contributed by atoms with E-state index in [4.69, 9.17) is 21.1 Å². The highest BCUT2D eigenvalue weighted by molar-refractivity contribution is 6.30. The Morgan fingerprint density at radius 1 is 1.07 bits per heavy atom. The number of pyridine rings is 1.